The zero-order valence-electron chi connectivity index (χ0n) is 10.9. The Labute approximate surface area is 105 Å². The molecule has 1 unspecified atom stereocenters. The van der Waals surface area contributed by atoms with Gasteiger partial charge in [-0.3, -0.25) is 0 Å². The van der Waals surface area contributed by atoms with Crippen LogP contribution in [0.4, 0.5) is 0 Å². The van der Waals surface area contributed by atoms with Crippen LogP contribution in [-0.2, 0) is 0 Å². The number of nitrogens with zero attached hydrogens (tertiary/aromatic N) is 1. The van der Waals surface area contributed by atoms with E-state index in [0.29, 0.717) is 12.5 Å². The van der Waals surface area contributed by atoms with Crippen LogP contribution >= 0.6 is 0 Å². The molecule has 2 heteroatoms. The number of nitriles is 1. The van der Waals surface area contributed by atoms with Crippen molar-refractivity contribution >= 4 is 0 Å². The van der Waals surface area contributed by atoms with E-state index in [9.17, 15) is 0 Å². The van der Waals surface area contributed by atoms with Crippen LogP contribution in [0.3, 0.4) is 0 Å². The Morgan fingerprint density at radius 1 is 1.12 bits per heavy atom. The third kappa shape index (κ3) is 2.10. The van der Waals surface area contributed by atoms with Crippen molar-refractivity contribution in [2.75, 3.05) is 0 Å². The molecule has 0 saturated heterocycles. The first kappa shape index (κ1) is 11.5. The molecule has 2 nitrogen and oxygen atoms in total. The van der Waals surface area contributed by atoms with Crippen LogP contribution in [0.2, 0.25) is 0 Å². The van der Waals surface area contributed by atoms with Gasteiger partial charge < -0.3 is 5.32 Å². The zero-order chi connectivity index (χ0) is 11.8. The minimum absolute atomic E-state index is 0.433. The van der Waals surface area contributed by atoms with Crippen molar-refractivity contribution in [3.63, 3.8) is 0 Å². The Bertz CT molecular complexity index is 289. The van der Waals surface area contributed by atoms with E-state index in [-0.39, 0.29) is 0 Å². The molecule has 4 bridgehead atoms. The second kappa shape index (κ2) is 4.61. The molecule has 0 aliphatic heterocycles. The van der Waals surface area contributed by atoms with Crippen molar-refractivity contribution in [2.24, 2.45) is 23.7 Å². The number of hydrogen-bond acceptors (Lipinski definition) is 2. The quantitative estimate of drug-likeness (QED) is 0.808. The van der Waals surface area contributed by atoms with Crippen LogP contribution in [0, 0.1) is 35.0 Å². The molecular formula is C15H24N2. The first-order valence-corrected chi connectivity index (χ1v) is 7.43. The standard InChI is InChI=1S/C15H24N2/c1-2-14(3-4-16)17-15-12-6-10-5-11(8-12)9-13(15)7-10/h10-15,17H,2-3,5-9H2,1H3. The lowest BCUT2D eigenvalue weighted by Gasteiger charge is -2.55. The molecule has 4 saturated carbocycles. The highest BCUT2D eigenvalue weighted by molar-refractivity contribution is 5.02. The molecule has 17 heavy (non-hydrogen) atoms. The molecular weight excluding hydrogens is 208 g/mol. The van der Waals surface area contributed by atoms with Crippen molar-refractivity contribution in [3.8, 4) is 6.07 Å². The summed E-state index contributed by atoms with van der Waals surface area (Å²) in [5.74, 6) is 3.95. The second-order valence-electron chi connectivity index (χ2n) is 6.59. The minimum Gasteiger partial charge on any atom is -0.310 e. The van der Waals surface area contributed by atoms with Crippen LogP contribution in [0.25, 0.3) is 0 Å². The van der Waals surface area contributed by atoms with Crippen molar-refractivity contribution in [3.05, 3.63) is 0 Å². The lowest BCUT2D eigenvalue weighted by Crippen LogP contribution is -2.56. The number of nitrogens with one attached hydrogen (secondary N) is 1. The molecule has 0 spiro atoms. The molecule has 94 valence electrons. The van der Waals surface area contributed by atoms with Crippen LogP contribution in [-0.4, -0.2) is 12.1 Å². The molecule has 0 aromatic heterocycles. The predicted octanol–water partition coefficient (Wildman–Crippen LogP) is 3.09. The van der Waals surface area contributed by atoms with Crippen molar-refractivity contribution in [1.29, 1.82) is 5.26 Å². The fourth-order valence-electron chi connectivity index (χ4n) is 4.90. The third-order valence-corrected chi connectivity index (χ3v) is 5.49. The normalized spacial score (nSPS) is 44.6. The summed E-state index contributed by atoms with van der Waals surface area (Å²) in [6.07, 6.45) is 9.16. The van der Waals surface area contributed by atoms with Crippen molar-refractivity contribution in [2.45, 2.75) is 64.0 Å². The van der Waals surface area contributed by atoms with Gasteiger partial charge in [-0.15, -0.1) is 0 Å². The van der Waals surface area contributed by atoms with Gasteiger partial charge in [-0.25, -0.2) is 0 Å². The molecule has 0 aromatic carbocycles. The summed E-state index contributed by atoms with van der Waals surface area (Å²) in [5, 5.41) is 12.7. The Hall–Kier alpha value is -0.550. The van der Waals surface area contributed by atoms with Crippen LogP contribution in [0.5, 0.6) is 0 Å². The van der Waals surface area contributed by atoms with Gasteiger partial charge in [0.25, 0.3) is 0 Å². The number of rotatable bonds is 4. The third-order valence-electron chi connectivity index (χ3n) is 5.49. The molecule has 0 radical (unpaired) electrons. The van der Waals surface area contributed by atoms with Gasteiger partial charge in [0.05, 0.1) is 12.5 Å². The molecule has 4 aliphatic rings. The Balaban J connectivity index is 1.66. The van der Waals surface area contributed by atoms with Crippen LogP contribution in [0.1, 0.15) is 51.9 Å². The van der Waals surface area contributed by atoms with E-state index in [2.05, 4.69) is 18.3 Å². The Morgan fingerprint density at radius 2 is 1.71 bits per heavy atom. The maximum absolute atomic E-state index is 8.86. The lowest BCUT2D eigenvalue weighted by molar-refractivity contribution is -0.0176. The van der Waals surface area contributed by atoms with E-state index >= 15 is 0 Å². The van der Waals surface area contributed by atoms with E-state index in [1.54, 1.807) is 0 Å². The first-order chi connectivity index (χ1) is 8.30. The van der Waals surface area contributed by atoms with E-state index in [0.717, 1.165) is 36.1 Å². The molecule has 1 N–H and O–H groups in total. The molecule has 0 heterocycles. The average Bonchev–Trinajstić information content (AvgIpc) is 2.31. The van der Waals surface area contributed by atoms with Gasteiger partial charge in [-0.2, -0.15) is 5.26 Å². The Morgan fingerprint density at radius 3 is 2.18 bits per heavy atom. The second-order valence-corrected chi connectivity index (χ2v) is 6.59. The smallest absolute Gasteiger partial charge is 0.0638 e. The summed E-state index contributed by atoms with van der Waals surface area (Å²) in [7, 11) is 0. The summed E-state index contributed by atoms with van der Waals surface area (Å²) < 4.78 is 0. The molecule has 4 fully saturated rings. The molecule has 0 aromatic rings. The lowest BCUT2D eigenvalue weighted by atomic mass is 9.54. The first-order valence-electron chi connectivity index (χ1n) is 7.43. The van der Waals surface area contributed by atoms with E-state index in [1.807, 2.05) is 0 Å². The number of hydrogen-bond donors (Lipinski definition) is 1. The highest BCUT2D eigenvalue weighted by atomic mass is 15.0. The van der Waals surface area contributed by atoms with E-state index in [4.69, 9.17) is 5.26 Å². The minimum atomic E-state index is 0.433. The van der Waals surface area contributed by atoms with Gasteiger partial charge >= 0.3 is 0 Å². The Kier molecular flexibility index (Phi) is 3.13. The maximum Gasteiger partial charge on any atom is 0.0638 e. The monoisotopic (exact) mass is 232 g/mol. The summed E-state index contributed by atoms with van der Waals surface area (Å²) in [5.41, 5.74) is 0. The van der Waals surface area contributed by atoms with E-state index < -0.39 is 0 Å². The average molecular weight is 232 g/mol. The molecule has 4 rings (SSSR count). The predicted molar refractivity (Wildman–Crippen MR) is 68.3 cm³/mol. The highest BCUT2D eigenvalue weighted by Crippen LogP contribution is 2.53. The fourth-order valence-corrected chi connectivity index (χ4v) is 4.90. The highest BCUT2D eigenvalue weighted by Gasteiger charge is 2.48. The molecule has 0 amide bonds. The van der Waals surface area contributed by atoms with Gasteiger partial charge in [-0.05, 0) is 62.2 Å². The fraction of sp³-hybridized carbons (Fsp3) is 0.933. The summed E-state index contributed by atoms with van der Waals surface area (Å²) >= 11 is 0. The SMILES string of the molecule is CCC(CC#N)NC1C2CC3CC(C2)CC1C3. The van der Waals surface area contributed by atoms with Gasteiger partial charge in [0.2, 0.25) is 0 Å². The topological polar surface area (TPSA) is 35.8 Å². The molecule has 1 atom stereocenters. The summed E-state index contributed by atoms with van der Waals surface area (Å²) in [4.78, 5) is 0. The van der Waals surface area contributed by atoms with Gasteiger partial charge in [0.15, 0.2) is 0 Å². The van der Waals surface area contributed by atoms with Gasteiger partial charge in [-0.1, -0.05) is 6.92 Å². The van der Waals surface area contributed by atoms with Crippen molar-refractivity contribution < 1.29 is 0 Å². The zero-order valence-corrected chi connectivity index (χ0v) is 10.9. The van der Waals surface area contributed by atoms with Crippen molar-refractivity contribution in [1.82, 2.24) is 5.32 Å². The maximum atomic E-state index is 8.86. The van der Waals surface area contributed by atoms with Gasteiger partial charge in [0, 0.05) is 12.1 Å². The molecule has 4 aliphatic carbocycles. The van der Waals surface area contributed by atoms with Crippen LogP contribution < -0.4 is 5.32 Å². The van der Waals surface area contributed by atoms with Crippen LogP contribution in [0.15, 0.2) is 0 Å². The van der Waals surface area contributed by atoms with E-state index in [1.165, 1.54) is 32.1 Å². The summed E-state index contributed by atoms with van der Waals surface area (Å²) in [6.45, 7) is 2.20. The van der Waals surface area contributed by atoms with Gasteiger partial charge in [0.1, 0.15) is 0 Å². The summed E-state index contributed by atoms with van der Waals surface area (Å²) in [6, 6.07) is 3.50. The largest absolute Gasteiger partial charge is 0.310 e.